The number of benzene rings is 2. The average molecular weight is 264 g/mol. The van der Waals surface area contributed by atoms with Crippen molar-refractivity contribution in [1.82, 2.24) is 9.97 Å². The van der Waals surface area contributed by atoms with Crippen molar-refractivity contribution >= 4 is 11.0 Å². The number of aryl methyl sites for hydroxylation is 3. The number of H-pyrrole nitrogens is 1. The molecule has 2 nitrogen and oxygen atoms in total. The summed E-state index contributed by atoms with van der Waals surface area (Å²) in [7, 11) is 0. The van der Waals surface area contributed by atoms with Crippen molar-refractivity contribution in [2.24, 2.45) is 0 Å². The van der Waals surface area contributed by atoms with E-state index in [1.54, 1.807) is 0 Å². The van der Waals surface area contributed by atoms with Gasteiger partial charge in [0, 0.05) is 6.42 Å². The molecule has 0 atom stereocenters. The van der Waals surface area contributed by atoms with Crippen molar-refractivity contribution < 1.29 is 0 Å². The fourth-order valence-corrected chi connectivity index (χ4v) is 2.58. The molecular formula is C18H20N2. The van der Waals surface area contributed by atoms with Gasteiger partial charge in [0.1, 0.15) is 5.82 Å². The van der Waals surface area contributed by atoms with E-state index < -0.39 is 0 Å². The second-order valence-corrected chi connectivity index (χ2v) is 5.50. The molecule has 0 radical (unpaired) electrons. The summed E-state index contributed by atoms with van der Waals surface area (Å²) in [4.78, 5) is 8.15. The molecular weight excluding hydrogens is 244 g/mol. The molecule has 1 aromatic heterocycles. The number of nitrogens with one attached hydrogen (secondary N) is 1. The molecule has 20 heavy (non-hydrogen) atoms. The third-order valence-corrected chi connectivity index (χ3v) is 3.87. The van der Waals surface area contributed by atoms with E-state index >= 15 is 0 Å². The number of imidazole rings is 1. The van der Waals surface area contributed by atoms with Crippen LogP contribution in [0.4, 0.5) is 0 Å². The summed E-state index contributed by atoms with van der Waals surface area (Å²) >= 11 is 0. The Balaban J connectivity index is 1.96. The van der Waals surface area contributed by atoms with Crippen molar-refractivity contribution in [3.63, 3.8) is 0 Å². The molecule has 0 bridgehead atoms. The van der Waals surface area contributed by atoms with Crippen LogP contribution in [0.5, 0.6) is 0 Å². The molecule has 1 N–H and O–H groups in total. The average Bonchev–Trinajstić information content (AvgIpc) is 2.84. The van der Waals surface area contributed by atoms with Crippen molar-refractivity contribution in [3.8, 4) is 0 Å². The summed E-state index contributed by atoms with van der Waals surface area (Å²) < 4.78 is 0. The highest BCUT2D eigenvalue weighted by molar-refractivity contribution is 5.76. The van der Waals surface area contributed by atoms with Crippen LogP contribution in [0, 0.1) is 13.8 Å². The van der Waals surface area contributed by atoms with Gasteiger partial charge in [-0.1, -0.05) is 36.8 Å². The normalized spacial score (nSPS) is 11.2. The molecule has 0 amide bonds. The largest absolute Gasteiger partial charge is 0.342 e. The maximum Gasteiger partial charge on any atom is 0.111 e. The van der Waals surface area contributed by atoms with Crippen molar-refractivity contribution in [2.75, 3.05) is 0 Å². The zero-order chi connectivity index (χ0) is 14.1. The van der Waals surface area contributed by atoms with Gasteiger partial charge in [0.05, 0.1) is 11.0 Å². The summed E-state index contributed by atoms with van der Waals surface area (Å²) in [6, 6.07) is 13.1. The van der Waals surface area contributed by atoms with E-state index in [1.165, 1.54) is 22.3 Å². The second kappa shape index (κ2) is 5.12. The molecule has 0 spiro atoms. The van der Waals surface area contributed by atoms with Gasteiger partial charge >= 0.3 is 0 Å². The summed E-state index contributed by atoms with van der Waals surface area (Å²) in [5.74, 6) is 1.04. The second-order valence-electron chi connectivity index (χ2n) is 5.50. The highest BCUT2D eigenvalue weighted by Crippen LogP contribution is 2.18. The predicted octanol–water partition coefficient (Wildman–Crippen LogP) is 4.33. The predicted molar refractivity (Wildman–Crippen MR) is 84.2 cm³/mol. The Bertz CT molecular complexity index is 753. The Morgan fingerprint density at radius 1 is 1.05 bits per heavy atom. The summed E-state index contributed by atoms with van der Waals surface area (Å²) in [5, 5.41) is 0. The van der Waals surface area contributed by atoms with Crippen LogP contribution in [0.3, 0.4) is 0 Å². The first-order valence-corrected chi connectivity index (χ1v) is 7.19. The summed E-state index contributed by atoms with van der Waals surface area (Å²) in [6.45, 7) is 6.47. The lowest BCUT2D eigenvalue weighted by molar-refractivity contribution is 1.02. The molecule has 2 heteroatoms. The van der Waals surface area contributed by atoms with E-state index in [0.717, 1.165) is 29.7 Å². The van der Waals surface area contributed by atoms with Crippen LogP contribution in [0.25, 0.3) is 11.0 Å². The van der Waals surface area contributed by atoms with Gasteiger partial charge in [0.25, 0.3) is 0 Å². The fraction of sp³-hybridized carbons (Fsp3) is 0.278. The van der Waals surface area contributed by atoms with Gasteiger partial charge in [-0.25, -0.2) is 4.98 Å². The molecule has 0 saturated carbocycles. The van der Waals surface area contributed by atoms with E-state index in [9.17, 15) is 0 Å². The third-order valence-electron chi connectivity index (χ3n) is 3.87. The van der Waals surface area contributed by atoms with Crippen molar-refractivity contribution in [1.29, 1.82) is 0 Å². The first-order valence-electron chi connectivity index (χ1n) is 7.19. The van der Waals surface area contributed by atoms with Crippen LogP contribution in [-0.2, 0) is 12.8 Å². The Labute approximate surface area is 119 Å². The fourth-order valence-electron chi connectivity index (χ4n) is 2.58. The number of aromatic amines is 1. The monoisotopic (exact) mass is 264 g/mol. The molecule has 2 aromatic carbocycles. The molecule has 102 valence electrons. The van der Waals surface area contributed by atoms with E-state index in [0.29, 0.717) is 0 Å². The van der Waals surface area contributed by atoms with Crippen LogP contribution in [0.1, 0.15) is 35.0 Å². The maximum atomic E-state index is 4.70. The molecule has 0 saturated heterocycles. The van der Waals surface area contributed by atoms with E-state index in [4.69, 9.17) is 4.98 Å². The minimum atomic E-state index is 0.865. The molecule has 0 aliphatic carbocycles. The van der Waals surface area contributed by atoms with E-state index in [2.05, 4.69) is 62.2 Å². The topological polar surface area (TPSA) is 28.7 Å². The Morgan fingerprint density at radius 2 is 1.90 bits per heavy atom. The van der Waals surface area contributed by atoms with E-state index in [1.807, 2.05) is 0 Å². The SMILES string of the molecule is CCc1ccc2nc(Cc3cc(C)ccc3C)[nH]c2c1. The molecule has 0 aliphatic rings. The highest BCUT2D eigenvalue weighted by atomic mass is 14.9. The maximum absolute atomic E-state index is 4.70. The van der Waals surface area contributed by atoms with Gasteiger partial charge in [-0.3, -0.25) is 0 Å². The molecule has 0 fully saturated rings. The molecule has 1 heterocycles. The Hall–Kier alpha value is -2.09. The van der Waals surface area contributed by atoms with Crippen LogP contribution in [0.15, 0.2) is 36.4 Å². The third kappa shape index (κ3) is 2.46. The lowest BCUT2D eigenvalue weighted by Crippen LogP contribution is -1.94. The van der Waals surface area contributed by atoms with Gasteiger partial charge in [-0.15, -0.1) is 0 Å². The number of nitrogens with zero attached hydrogens (tertiary/aromatic N) is 1. The standard InChI is InChI=1S/C18H20N2/c1-4-14-7-8-16-17(10-14)20-18(19-16)11-15-9-12(2)5-6-13(15)3/h5-10H,4,11H2,1-3H3,(H,19,20). The Morgan fingerprint density at radius 3 is 2.70 bits per heavy atom. The lowest BCUT2D eigenvalue weighted by Gasteiger charge is -2.04. The van der Waals surface area contributed by atoms with Crippen molar-refractivity contribution in [3.05, 3.63) is 64.5 Å². The van der Waals surface area contributed by atoms with Gasteiger partial charge in [0.2, 0.25) is 0 Å². The molecule has 3 rings (SSSR count). The van der Waals surface area contributed by atoms with Crippen LogP contribution >= 0.6 is 0 Å². The van der Waals surface area contributed by atoms with Crippen LogP contribution in [-0.4, -0.2) is 9.97 Å². The number of fused-ring (bicyclic) bond motifs is 1. The summed E-state index contributed by atoms with van der Waals surface area (Å²) in [6.07, 6.45) is 1.92. The van der Waals surface area contributed by atoms with E-state index in [-0.39, 0.29) is 0 Å². The minimum absolute atomic E-state index is 0.865. The van der Waals surface area contributed by atoms with Gasteiger partial charge in [-0.2, -0.15) is 0 Å². The van der Waals surface area contributed by atoms with Gasteiger partial charge in [0.15, 0.2) is 0 Å². The minimum Gasteiger partial charge on any atom is -0.342 e. The highest BCUT2D eigenvalue weighted by Gasteiger charge is 2.06. The smallest absolute Gasteiger partial charge is 0.111 e. The quantitative estimate of drug-likeness (QED) is 0.749. The number of aromatic nitrogens is 2. The number of hydrogen-bond acceptors (Lipinski definition) is 1. The Kier molecular flexibility index (Phi) is 3.31. The molecule has 3 aromatic rings. The van der Waals surface area contributed by atoms with Crippen molar-refractivity contribution in [2.45, 2.75) is 33.6 Å². The summed E-state index contributed by atoms with van der Waals surface area (Å²) in [5.41, 5.74) is 7.52. The van der Waals surface area contributed by atoms with Crippen LogP contribution < -0.4 is 0 Å². The van der Waals surface area contributed by atoms with Gasteiger partial charge < -0.3 is 4.98 Å². The lowest BCUT2D eigenvalue weighted by atomic mass is 10.0. The van der Waals surface area contributed by atoms with Crippen LogP contribution in [0.2, 0.25) is 0 Å². The molecule has 0 unspecified atom stereocenters. The van der Waals surface area contributed by atoms with Gasteiger partial charge in [-0.05, 0) is 49.1 Å². The zero-order valence-corrected chi connectivity index (χ0v) is 12.3. The first-order chi connectivity index (χ1) is 9.65. The number of hydrogen-bond donors (Lipinski definition) is 1. The zero-order valence-electron chi connectivity index (χ0n) is 12.3. The first kappa shape index (κ1) is 12.9. The molecule has 0 aliphatic heterocycles. The number of rotatable bonds is 3.